The maximum Gasteiger partial charge on any atom is 0.324 e. The minimum Gasteiger partial charge on any atom is -0.383 e. The molecule has 0 aromatic carbocycles. The second-order valence-electron chi connectivity index (χ2n) is 2.16. The first-order valence-corrected chi connectivity index (χ1v) is 6.63. The summed E-state index contributed by atoms with van der Waals surface area (Å²) in [6.07, 6.45) is 0. The molecule has 0 aliphatic rings. The van der Waals surface area contributed by atoms with E-state index in [1.165, 1.54) is 0 Å². The van der Waals surface area contributed by atoms with Crippen LogP contribution in [0.5, 0.6) is 0 Å². The van der Waals surface area contributed by atoms with Gasteiger partial charge in [-0.15, -0.1) is 37.9 Å². The third kappa shape index (κ3) is 2010. The molecule has 0 amide bonds. The molecule has 0 rings (SSSR count). The van der Waals surface area contributed by atoms with Crippen LogP contribution >= 0.6 is 46.5 Å². The normalized spacial score (nSPS) is 14.1. The lowest BCUT2D eigenvalue weighted by atomic mass is 10.9. The summed E-state index contributed by atoms with van der Waals surface area (Å²) in [6.45, 7) is 4.76. The van der Waals surface area contributed by atoms with E-state index >= 15 is 0 Å². The molecule has 0 aromatic heterocycles. The van der Waals surface area contributed by atoms with Crippen LogP contribution in [-0.4, -0.2) is 46.3 Å². The van der Waals surface area contributed by atoms with Gasteiger partial charge in [-0.25, -0.2) is 0 Å². The van der Waals surface area contributed by atoms with Crippen LogP contribution in [0.25, 0.3) is 0 Å². The Morgan fingerprint density at radius 3 is 0.688 bits per heavy atom. The van der Waals surface area contributed by atoms with Gasteiger partial charge >= 0.3 is 8.60 Å². The van der Waals surface area contributed by atoms with Crippen LogP contribution in [0.3, 0.4) is 0 Å². The predicted octanol–water partition coefficient (Wildman–Crippen LogP) is -0.0463. The van der Waals surface area contributed by atoms with Crippen LogP contribution in [0.1, 0.15) is 20.8 Å². The molecule has 6 N–H and O–H groups in total. The van der Waals surface area contributed by atoms with Gasteiger partial charge in [0.05, 0.1) is 16.3 Å². The van der Waals surface area contributed by atoms with Gasteiger partial charge in [0.2, 0.25) is 0 Å². The number of hydrogen-bond acceptors (Lipinski definition) is 9. The molecular formula is C6H21O6PS3. The number of hydrogen-bond donors (Lipinski definition) is 9. The summed E-state index contributed by atoms with van der Waals surface area (Å²) in [5, 5.41) is 23.8. The fourth-order valence-corrected chi connectivity index (χ4v) is 0. The summed E-state index contributed by atoms with van der Waals surface area (Å²) in [6, 6.07) is 0. The summed E-state index contributed by atoms with van der Waals surface area (Å²) in [5.74, 6) is 0. The lowest BCUT2D eigenvalue weighted by Gasteiger charge is -1.79. The van der Waals surface area contributed by atoms with Gasteiger partial charge in [-0.2, -0.15) is 0 Å². The Bertz CT molecular complexity index is 71.2. The minimum absolute atomic E-state index is 0.472. The number of rotatable bonds is 0. The van der Waals surface area contributed by atoms with E-state index in [4.69, 9.17) is 30.0 Å². The molecule has 0 fully saturated rings. The van der Waals surface area contributed by atoms with Gasteiger partial charge in [-0.05, 0) is 20.8 Å². The maximum absolute atomic E-state index is 7.92. The van der Waals surface area contributed by atoms with Crippen molar-refractivity contribution >= 4 is 46.5 Å². The highest BCUT2D eigenvalue weighted by molar-refractivity contribution is 7.81. The van der Waals surface area contributed by atoms with E-state index in [0.717, 1.165) is 0 Å². The molecular weight excluding hydrogens is 295 g/mol. The fraction of sp³-hybridized carbons (Fsp3) is 1.00. The first-order chi connectivity index (χ1) is 6.93. The molecule has 6 nitrogen and oxygen atoms in total. The van der Waals surface area contributed by atoms with Crippen molar-refractivity contribution in [3.8, 4) is 0 Å². The van der Waals surface area contributed by atoms with Gasteiger partial charge in [0, 0.05) is 0 Å². The zero-order chi connectivity index (χ0) is 14.3. The van der Waals surface area contributed by atoms with Crippen LogP contribution < -0.4 is 0 Å². The molecule has 0 aromatic rings. The van der Waals surface area contributed by atoms with Crippen LogP contribution in [0, 0.1) is 0 Å². The third-order valence-electron chi connectivity index (χ3n) is 0. The van der Waals surface area contributed by atoms with Gasteiger partial charge in [-0.3, -0.25) is 0 Å². The quantitative estimate of drug-likeness (QED) is 0.176. The summed E-state index contributed by atoms with van der Waals surface area (Å²) in [5.41, 5.74) is -1.42. The number of thiol groups is 3. The molecule has 0 aliphatic heterocycles. The lowest BCUT2D eigenvalue weighted by Crippen LogP contribution is -1.79. The highest BCUT2D eigenvalue weighted by atomic mass is 32.1. The molecule has 0 aliphatic carbocycles. The highest BCUT2D eigenvalue weighted by Crippen LogP contribution is 2.11. The Morgan fingerprint density at radius 1 is 0.688 bits per heavy atom. The lowest BCUT2D eigenvalue weighted by molar-refractivity contribution is 0.286. The largest absolute Gasteiger partial charge is 0.383 e. The molecule has 0 saturated heterocycles. The maximum atomic E-state index is 7.92. The minimum atomic E-state index is -2.62. The first kappa shape index (κ1) is 25.9. The zero-order valence-corrected chi connectivity index (χ0v) is 12.8. The average Bonchev–Trinajstić information content (AvgIpc) is 1.76. The van der Waals surface area contributed by atoms with E-state index in [0.29, 0.717) is 0 Å². The van der Waals surface area contributed by atoms with Crippen LogP contribution in [0.4, 0.5) is 0 Å². The Labute approximate surface area is 114 Å². The third-order valence-corrected chi connectivity index (χ3v) is 0. The van der Waals surface area contributed by atoms with Gasteiger partial charge < -0.3 is 30.0 Å². The smallest absolute Gasteiger partial charge is 0.324 e. The average molecular weight is 316 g/mol. The monoisotopic (exact) mass is 316 g/mol. The molecule has 10 heteroatoms. The van der Waals surface area contributed by atoms with Crippen molar-refractivity contribution in [2.45, 2.75) is 37.1 Å². The summed E-state index contributed by atoms with van der Waals surface area (Å²) in [4.78, 5) is 21.7. The molecule has 3 atom stereocenters. The summed E-state index contributed by atoms with van der Waals surface area (Å²) in [7, 11) is -2.62. The molecule has 104 valence electrons. The fourth-order valence-electron chi connectivity index (χ4n) is 0. The second kappa shape index (κ2) is 21.5. The summed E-state index contributed by atoms with van der Waals surface area (Å²) >= 11 is 10.6. The van der Waals surface area contributed by atoms with E-state index < -0.39 is 24.9 Å². The molecule has 16 heavy (non-hydrogen) atoms. The molecule has 0 spiro atoms. The predicted molar refractivity (Wildman–Crippen MR) is 75.6 cm³/mol. The van der Waals surface area contributed by atoms with Crippen molar-refractivity contribution in [1.29, 1.82) is 0 Å². The van der Waals surface area contributed by atoms with E-state index in [-0.39, 0.29) is 0 Å². The van der Waals surface area contributed by atoms with Crippen molar-refractivity contribution in [3.05, 3.63) is 0 Å². The number of aliphatic hydroxyl groups is 3. The second-order valence-corrected chi connectivity index (χ2v) is 4.94. The van der Waals surface area contributed by atoms with Crippen molar-refractivity contribution in [1.82, 2.24) is 0 Å². The van der Waals surface area contributed by atoms with Crippen molar-refractivity contribution in [2.75, 3.05) is 0 Å². The SMILES string of the molecule is CC(O)S.CC(O)S.CC(O)S.OP(O)O. The van der Waals surface area contributed by atoms with Gasteiger partial charge in [0.25, 0.3) is 0 Å². The van der Waals surface area contributed by atoms with Gasteiger partial charge in [0.1, 0.15) is 0 Å². The molecule has 3 unspecified atom stereocenters. The van der Waals surface area contributed by atoms with Crippen molar-refractivity contribution in [3.63, 3.8) is 0 Å². The molecule has 0 radical (unpaired) electrons. The first-order valence-electron chi connectivity index (χ1n) is 3.88. The van der Waals surface area contributed by atoms with Crippen LogP contribution in [0.15, 0.2) is 0 Å². The van der Waals surface area contributed by atoms with E-state index in [1.807, 2.05) is 0 Å². The van der Waals surface area contributed by atoms with E-state index in [1.54, 1.807) is 20.8 Å². The number of aliphatic hydroxyl groups excluding tert-OH is 3. The Balaban J connectivity index is -0.0000000600. The van der Waals surface area contributed by atoms with Gasteiger partial charge in [0.15, 0.2) is 0 Å². The van der Waals surface area contributed by atoms with E-state index in [2.05, 4.69) is 37.9 Å². The Kier molecular flexibility index (Phi) is 34.9. The van der Waals surface area contributed by atoms with Crippen LogP contribution in [-0.2, 0) is 0 Å². The Morgan fingerprint density at radius 2 is 0.688 bits per heavy atom. The van der Waals surface area contributed by atoms with Crippen LogP contribution in [0.2, 0.25) is 0 Å². The molecule has 0 saturated carbocycles. The molecule has 0 bridgehead atoms. The van der Waals surface area contributed by atoms with E-state index in [9.17, 15) is 0 Å². The zero-order valence-electron chi connectivity index (χ0n) is 9.20. The molecule has 0 heterocycles. The topological polar surface area (TPSA) is 121 Å². The van der Waals surface area contributed by atoms with Gasteiger partial charge in [-0.1, -0.05) is 0 Å². The highest BCUT2D eigenvalue weighted by Gasteiger charge is 1.76. The standard InChI is InChI=1S/3C2H6OS.H3O3P/c3*1-2(3)4;1-4(2)3/h3*2-4H,1H3;1-3H. The Hall–Kier alpha value is 1.24. The summed E-state index contributed by atoms with van der Waals surface area (Å²) < 4.78 is 0. The van der Waals surface area contributed by atoms with Crippen molar-refractivity contribution in [2.24, 2.45) is 0 Å². The van der Waals surface area contributed by atoms with Crippen molar-refractivity contribution < 1.29 is 30.0 Å².